The van der Waals surface area contributed by atoms with Crippen LogP contribution in [-0.4, -0.2) is 18.5 Å². The van der Waals surface area contributed by atoms with Crippen molar-refractivity contribution in [1.29, 1.82) is 0 Å². The minimum absolute atomic E-state index is 0. The van der Waals surface area contributed by atoms with Crippen LogP contribution in [0.2, 0.25) is 0 Å². The van der Waals surface area contributed by atoms with Crippen LogP contribution in [0.3, 0.4) is 0 Å². The van der Waals surface area contributed by atoms with E-state index in [0.29, 0.717) is 13.0 Å². The number of anilines is 1. The molecule has 0 aliphatic carbocycles. The molecular weight excluding hydrogens is 315 g/mol. The Morgan fingerprint density at radius 3 is 2.39 bits per heavy atom. The van der Waals surface area contributed by atoms with Gasteiger partial charge in [-0.3, -0.25) is 4.79 Å². The predicted molar refractivity (Wildman–Crippen MR) is 94.0 cm³/mol. The Bertz CT molecular complexity index is 715. The number of benzene rings is 2. The van der Waals surface area contributed by atoms with Gasteiger partial charge in [-0.1, -0.05) is 36.4 Å². The van der Waals surface area contributed by atoms with Gasteiger partial charge in [0, 0.05) is 24.7 Å². The molecule has 2 aromatic rings. The number of nitrogens with two attached hydrogens (primary N) is 1. The lowest BCUT2D eigenvalue weighted by molar-refractivity contribution is -0.117. The van der Waals surface area contributed by atoms with Gasteiger partial charge in [-0.2, -0.15) is 0 Å². The molecule has 0 radical (unpaired) electrons. The van der Waals surface area contributed by atoms with Crippen molar-refractivity contribution in [1.82, 2.24) is 0 Å². The van der Waals surface area contributed by atoms with Crippen molar-refractivity contribution in [3.8, 4) is 0 Å². The van der Waals surface area contributed by atoms with Gasteiger partial charge in [0.1, 0.15) is 5.82 Å². The van der Waals surface area contributed by atoms with Gasteiger partial charge in [-0.25, -0.2) is 4.39 Å². The zero-order valence-corrected chi connectivity index (χ0v) is 13.3. The second kappa shape index (κ2) is 7.40. The molecule has 1 fully saturated rings. The highest BCUT2D eigenvalue weighted by atomic mass is 35.5. The van der Waals surface area contributed by atoms with Crippen LogP contribution in [-0.2, 0) is 4.79 Å². The number of nitrogens with zero attached hydrogens (tertiary/aromatic N) is 1. The molecule has 1 unspecified atom stereocenters. The smallest absolute Gasteiger partial charge is 0.228 e. The molecule has 2 aromatic carbocycles. The molecule has 5 heteroatoms. The molecule has 23 heavy (non-hydrogen) atoms. The summed E-state index contributed by atoms with van der Waals surface area (Å²) < 4.78 is 13.1. The first kappa shape index (κ1) is 17.2. The van der Waals surface area contributed by atoms with Gasteiger partial charge >= 0.3 is 0 Å². The molecule has 1 aliphatic rings. The number of hydrogen-bond acceptors (Lipinski definition) is 2. The zero-order valence-electron chi connectivity index (χ0n) is 12.5. The van der Waals surface area contributed by atoms with Crippen LogP contribution in [0.25, 0.3) is 12.2 Å². The first-order chi connectivity index (χ1) is 10.6. The van der Waals surface area contributed by atoms with E-state index in [1.54, 1.807) is 11.0 Å². The van der Waals surface area contributed by atoms with Gasteiger partial charge in [0.2, 0.25) is 5.91 Å². The quantitative estimate of drug-likeness (QED) is 0.875. The monoisotopic (exact) mass is 332 g/mol. The van der Waals surface area contributed by atoms with Crippen molar-refractivity contribution in [2.45, 2.75) is 12.5 Å². The molecule has 1 atom stereocenters. The van der Waals surface area contributed by atoms with Crippen LogP contribution >= 0.6 is 12.4 Å². The van der Waals surface area contributed by atoms with Crippen LogP contribution in [0.5, 0.6) is 0 Å². The average molecular weight is 333 g/mol. The standard InChI is InChI=1S/C18H17FN2O.ClH/c19-15-3-1-2-14(10-15)5-4-13-6-8-17(9-7-13)21-12-16(20)11-18(21)22;/h1-10,16H,11-12,20H2;1H. The SMILES string of the molecule is Cl.NC1CC(=O)N(c2ccc(C=Cc3cccc(F)c3)cc2)C1. The highest BCUT2D eigenvalue weighted by Gasteiger charge is 2.27. The van der Waals surface area contributed by atoms with Crippen molar-refractivity contribution in [2.75, 3.05) is 11.4 Å². The lowest BCUT2D eigenvalue weighted by Crippen LogP contribution is -2.27. The minimum Gasteiger partial charge on any atom is -0.326 e. The Morgan fingerprint density at radius 1 is 1.09 bits per heavy atom. The van der Waals surface area contributed by atoms with E-state index >= 15 is 0 Å². The molecule has 1 heterocycles. The van der Waals surface area contributed by atoms with Crippen molar-refractivity contribution < 1.29 is 9.18 Å². The van der Waals surface area contributed by atoms with Crippen LogP contribution in [0.15, 0.2) is 48.5 Å². The molecule has 120 valence electrons. The molecule has 0 aromatic heterocycles. The van der Waals surface area contributed by atoms with Gasteiger partial charge < -0.3 is 10.6 Å². The maximum Gasteiger partial charge on any atom is 0.228 e. The Balaban J connectivity index is 0.00000192. The maximum absolute atomic E-state index is 13.1. The number of rotatable bonds is 3. The average Bonchev–Trinajstić information content (AvgIpc) is 2.84. The molecule has 2 N–H and O–H groups in total. The van der Waals surface area contributed by atoms with E-state index < -0.39 is 0 Å². The summed E-state index contributed by atoms with van der Waals surface area (Å²) >= 11 is 0. The normalized spacial score (nSPS) is 17.6. The van der Waals surface area contributed by atoms with E-state index in [1.807, 2.05) is 42.5 Å². The predicted octanol–water partition coefficient (Wildman–Crippen LogP) is 3.48. The van der Waals surface area contributed by atoms with Crippen LogP contribution in [0, 0.1) is 5.82 Å². The maximum atomic E-state index is 13.1. The fourth-order valence-corrected chi connectivity index (χ4v) is 2.55. The Hall–Kier alpha value is -2.17. The van der Waals surface area contributed by atoms with Gasteiger partial charge in [-0.05, 0) is 35.4 Å². The summed E-state index contributed by atoms with van der Waals surface area (Å²) in [4.78, 5) is 13.5. The largest absolute Gasteiger partial charge is 0.326 e. The molecule has 0 bridgehead atoms. The fraction of sp³-hybridized carbons (Fsp3) is 0.167. The first-order valence-electron chi connectivity index (χ1n) is 7.21. The van der Waals surface area contributed by atoms with Gasteiger partial charge in [0.05, 0.1) is 0 Å². The van der Waals surface area contributed by atoms with Gasteiger partial charge in [-0.15, -0.1) is 12.4 Å². The Labute approximate surface area is 141 Å². The molecule has 0 saturated carbocycles. The van der Waals surface area contributed by atoms with Crippen LogP contribution in [0.4, 0.5) is 10.1 Å². The third-order valence-electron chi connectivity index (χ3n) is 3.68. The van der Waals surface area contributed by atoms with E-state index in [1.165, 1.54) is 12.1 Å². The molecule has 1 aliphatic heterocycles. The van der Waals surface area contributed by atoms with Gasteiger partial charge in [0.15, 0.2) is 0 Å². The number of carbonyl (C=O) groups is 1. The molecular formula is C18H18ClFN2O. The summed E-state index contributed by atoms with van der Waals surface area (Å²) in [5.41, 5.74) is 8.46. The number of halogens is 2. The Morgan fingerprint density at radius 2 is 1.78 bits per heavy atom. The number of hydrogen-bond donors (Lipinski definition) is 1. The van der Waals surface area contributed by atoms with E-state index in [-0.39, 0.29) is 30.2 Å². The highest BCUT2D eigenvalue weighted by molar-refractivity contribution is 5.96. The summed E-state index contributed by atoms with van der Waals surface area (Å²) in [6, 6.07) is 14.0. The third-order valence-corrected chi connectivity index (χ3v) is 3.68. The van der Waals surface area contributed by atoms with Gasteiger partial charge in [0.25, 0.3) is 0 Å². The summed E-state index contributed by atoms with van der Waals surface area (Å²) in [5, 5.41) is 0. The second-order valence-corrected chi connectivity index (χ2v) is 5.45. The highest BCUT2D eigenvalue weighted by Crippen LogP contribution is 2.22. The zero-order chi connectivity index (χ0) is 15.5. The number of carbonyl (C=O) groups excluding carboxylic acids is 1. The van der Waals surface area contributed by atoms with E-state index in [9.17, 15) is 9.18 Å². The lowest BCUT2D eigenvalue weighted by Gasteiger charge is -2.16. The summed E-state index contributed by atoms with van der Waals surface area (Å²) in [6.07, 6.45) is 4.17. The second-order valence-electron chi connectivity index (χ2n) is 5.45. The number of amides is 1. The minimum atomic E-state index is -0.249. The summed E-state index contributed by atoms with van der Waals surface area (Å²) in [5.74, 6) is -0.183. The molecule has 1 saturated heterocycles. The third kappa shape index (κ3) is 4.18. The van der Waals surface area contributed by atoms with Crippen molar-refractivity contribution >= 4 is 36.2 Å². The van der Waals surface area contributed by atoms with Crippen molar-refractivity contribution in [2.24, 2.45) is 5.73 Å². The van der Waals surface area contributed by atoms with E-state index in [4.69, 9.17) is 5.73 Å². The topological polar surface area (TPSA) is 46.3 Å². The summed E-state index contributed by atoms with van der Waals surface area (Å²) in [6.45, 7) is 0.567. The summed E-state index contributed by atoms with van der Waals surface area (Å²) in [7, 11) is 0. The van der Waals surface area contributed by atoms with E-state index in [2.05, 4.69) is 0 Å². The van der Waals surface area contributed by atoms with E-state index in [0.717, 1.165) is 16.8 Å². The molecule has 0 spiro atoms. The van der Waals surface area contributed by atoms with Crippen molar-refractivity contribution in [3.63, 3.8) is 0 Å². The fourth-order valence-electron chi connectivity index (χ4n) is 2.55. The van der Waals surface area contributed by atoms with Crippen LogP contribution < -0.4 is 10.6 Å². The van der Waals surface area contributed by atoms with Crippen molar-refractivity contribution in [3.05, 3.63) is 65.5 Å². The van der Waals surface area contributed by atoms with Crippen LogP contribution in [0.1, 0.15) is 17.5 Å². The first-order valence-corrected chi connectivity index (χ1v) is 7.21. The molecule has 3 rings (SSSR count). The molecule has 3 nitrogen and oxygen atoms in total. The lowest BCUT2D eigenvalue weighted by atomic mass is 10.1. The Kier molecular flexibility index (Phi) is 5.53. The molecule has 1 amide bonds.